The zero-order chi connectivity index (χ0) is 34.2. The summed E-state index contributed by atoms with van der Waals surface area (Å²) in [7, 11) is 0. The summed E-state index contributed by atoms with van der Waals surface area (Å²) in [5, 5.41) is 142. The highest BCUT2D eigenvalue weighted by molar-refractivity contribution is 5.73. The lowest BCUT2D eigenvalue weighted by Gasteiger charge is -2.48. The highest BCUT2D eigenvalue weighted by Crippen LogP contribution is 2.34. The number of hydrogen-bond acceptors (Lipinski definition) is 21. The van der Waals surface area contributed by atoms with Gasteiger partial charge in [0, 0.05) is 0 Å². The van der Waals surface area contributed by atoms with E-state index in [-0.39, 0.29) is 0 Å². The fourth-order valence-corrected chi connectivity index (χ4v) is 5.51. The van der Waals surface area contributed by atoms with Crippen LogP contribution in [0.15, 0.2) is 0 Å². The van der Waals surface area contributed by atoms with Gasteiger partial charge in [-0.25, -0.2) is 4.79 Å². The molecule has 0 aromatic heterocycles. The Morgan fingerprint density at radius 1 is 0.457 bits per heavy atom. The minimum Gasteiger partial charge on any atom is -0.479 e. The van der Waals surface area contributed by atoms with Crippen molar-refractivity contribution >= 4 is 5.97 Å². The summed E-state index contributed by atoms with van der Waals surface area (Å²) < 4.78 is 37.0. The van der Waals surface area contributed by atoms with Crippen LogP contribution in [0.3, 0.4) is 0 Å². The molecule has 4 heterocycles. The minimum absolute atomic E-state index is 0.836. The predicted molar refractivity (Wildman–Crippen MR) is 134 cm³/mol. The second-order valence-corrected chi connectivity index (χ2v) is 11.2. The van der Waals surface area contributed by atoms with Crippen LogP contribution in [0.5, 0.6) is 0 Å². The van der Waals surface area contributed by atoms with Crippen molar-refractivity contribution in [1.82, 2.24) is 0 Å². The summed E-state index contributed by atoms with van der Waals surface area (Å²) >= 11 is 0. The summed E-state index contributed by atoms with van der Waals surface area (Å²) in [6, 6.07) is 0. The molecule has 4 aliphatic rings. The smallest absolute Gasteiger partial charge is 0.335 e. The van der Waals surface area contributed by atoms with E-state index in [0.29, 0.717) is 0 Å². The van der Waals surface area contributed by atoms with Crippen molar-refractivity contribution in [2.24, 2.45) is 0 Å². The SMILES string of the molecule is O=C(O)[C@H]1O[C@@H](O[C@H]2[C@H](O)[C@@H](O)[C@H](O[C@@H]3[C@@H](O)[C@@H](O)[C@H](O)O[C@H]3CO)O[C@@H]2CO)[C@H](O)[C@H](O)[C@@H]1O[C@@H]1O[C@H](CO)[C@@H](O)[C@H](O)[C@H]1O. The van der Waals surface area contributed by atoms with Gasteiger partial charge in [0.2, 0.25) is 0 Å². The van der Waals surface area contributed by atoms with Crippen LogP contribution in [-0.2, 0) is 38.0 Å². The van der Waals surface area contributed by atoms with Crippen LogP contribution < -0.4 is 0 Å². The molecule has 22 heteroatoms. The van der Waals surface area contributed by atoms with Crippen molar-refractivity contribution < 1.29 is 109 Å². The van der Waals surface area contributed by atoms with Gasteiger partial charge in [-0.15, -0.1) is 0 Å². The monoisotopic (exact) mass is 680 g/mol. The van der Waals surface area contributed by atoms with Gasteiger partial charge in [-0.05, 0) is 0 Å². The van der Waals surface area contributed by atoms with Gasteiger partial charge in [0.05, 0.1) is 19.8 Å². The number of aliphatic carboxylic acids is 1. The Balaban J connectivity index is 1.46. The molecule has 22 nitrogen and oxygen atoms in total. The minimum atomic E-state index is -2.20. The molecule has 4 fully saturated rings. The number of ether oxygens (including phenoxy) is 7. The van der Waals surface area contributed by atoms with Crippen molar-refractivity contribution in [1.29, 1.82) is 0 Å². The zero-order valence-corrected chi connectivity index (χ0v) is 23.7. The van der Waals surface area contributed by atoms with E-state index in [4.69, 9.17) is 33.2 Å². The number of carboxylic acids is 1. The van der Waals surface area contributed by atoms with Gasteiger partial charge in [0.1, 0.15) is 91.6 Å². The lowest BCUT2D eigenvalue weighted by atomic mass is 9.95. The van der Waals surface area contributed by atoms with Crippen LogP contribution in [0.25, 0.3) is 0 Å². The van der Waals surface area contributed by atoms with Gasteiger partial charge in [0.15, 0.2) is 31.3 Å². The molecular weight excluding hydrogens is 640 g/mol. The van der Waals surface area contributed by atoms with Gasteiger partial charge in [-0.1, -0.05) is 0 Å². The normalized spacial score (nSPS) is 51.9. The Hall–Kier alpha value is -1.33. The summed E-state index contributed by atoms with van der Waals surface area (Å²) in [6.07, 6.45) is -38.1. The fraction of sp³-hybridized carbons (Fsp3) is 0.958. The molecule has 0 aromatic carbocycles. The van der Waals surface area contributed by atoms with Crippen molar-refractivity contribution in [3.63, 3.8) is 0 Å². The van der Waals surface area contributed by atoms with E-state index < -0.39 is 149 Å². The average Bonchev–Trinajstić information content (AvgIpc) is 3.03. The Morgan fingerprint density at radius 2 is 0.848 bits per heavy atom. The molecule has 4 rings (SSSR count). The number of rotatable bonds is 10. The third kappa shape index (κ3) is 7.31. The highest BCUT2D eigenvalue weighted by atomic mass is 16.8. The van der Waals surface area contributed by atoms with Crippen LogP contribution >= 0.6 is 0 Å². The molecule has 20 atom stereocenters. The fourth-order valence-electron chi connectivity index (χ4n) is 5.51. The van der Waals surface area contributed by atoms with Crippen molar-refractivity contribution in [2.45, 2.75) is 123 Å². The summed E-state index contributed by atoms with van der Waals surface area (Å²) in [4.78, 5) is 12.1. The Morgan fingerprint density at radius 3 is 1.35 bits per heavy atom. The maximum absolute atomic E-state index is 12.1. The molecule has 46 heavy (non-hydrogen) atoms. The predicted octanol–water partition coefficient (Wildman–Crippen LogP) is -9.66. The third-order valence-electron chi connectivity index (χ3n) is 8.17. The molecule has 14 N–H and O–H groups in total. The van der Waals surface area contributed by atoms with Crippen LogP contribution in [0, 0.1) is 0 Å². The van der Waals surface area contributed by atoms with Crippen LogP contribution in [0.2, 0.25) is 0 Å². The quantitative estimate of drug-likeness (QED) is 0.102. The van der Waals surface area contributed by atoms with Crippen molar-refractivity contribution in [3.8, 4) is 0 Å². The maximum Gasteiger partial charge on any atom is 0.335 e. The van der Waals surface area contributed by atoms with Gasteiger partial charge >= 0.3 is 5.97 Å². The third-order valence-corrected chi connectivity index (χ3v) is 8.17. The van der Waals surface area contributed by atoms with Gasteiger partial charge in [0.25, 0.3) is 0 Å². The number of carbonyl (C=O) groups is 1. The molecule has 4 saturated heterocycles. The molecular formula is C24H40O22. The van der Waals surface area contributed by atoms with Gasteiger partial charge < -0.3 is 105 Å². The Kier molecular flexibility index (Phi) is 12.6. The molecule has 4 aliphatic heterocycles. The first kappa shape index (κ1) is 37.5. The van der Waals surface area contributed by atoms with E-state index >= 15 is 0 Å². The number of aliphatic hydroxyl groups excluding tert-OH is 13. The van der Waals surface area contributed by atoms with E-state index in [1.165, 1.54) is 0 Å². The first-order valence-corrected chi connectivity index (χ1v) is 14.1. The summed E-state index contributed by atoms with van der Waals surface area (Å²) in [5.74, 6) is -1.80. The van der Waals surface area contributed by atoms with Crippen molar-refractivity contribution in [3.05, 3.63) is 0 Å². The molecule has 0 amide bonds. The van der Waals surface area contributed by atoms with E-state index in [2.05, 4.69) is 0 Å². The molecule has 268 valence electrons. The van der Waals surface area contributed by atoms with Crippen LogP contribution in [0.1, 0.15) is 0 Å². The van der Waals surface area contributed by atoms with Crippen LogP contribution in [-0.4, -0.2) is 220 Å². The second-order valence-electron chi connectivity index (χ2n) is 11.2. The average molecular weight is 681 g/mol. The van der Waals surface area contributed by atoms with Crippen LogP contribution in [0.4, 0.5) is 0 Å². The zero-order valence-electron chi connectivity index (χ0n) is 23.7. The first-order valence-electron chi connectivity index (χ1n) is 14.1. The summed E-state index contributed by atoms with van der Waals surface area (Å²) in [5.41, 5.74) is 0. The van der Waals surface area contributed by atoms with E-state index in [9.17, 15) is 76.3 Å². The number of hydrogen-bond donors (Lipinski definition) is 14. The molecule has 0 aliphatic carbocycles. The highest BCUT2D eigenvalue weighted by Gasteiger charge is 2.56. The Bertz CT molecular complexity index is 986. The van der Waals surface area contributed by atoms with Gasteiger partial charge in [-0.3, -0.25) is 0 Å². The molecule has 0 radical (unpaired) electrons. The Labute approximate surface area is 258 Å². The van der Waals surface area contributed by atoms with E-state index in [1.54, 1.807) is 0 Å². The first-order chi connectivity index (χ1) is 21.7. The number of carboxylic acid groups (broad SMARTS) is 1. The molecule has 0 unspecified atom stereocenters. The van der Waals surface area contributed by atoms with E-state index in [0.717, 1.165) is 0 Å². The largest absolute Gasteiger partial charge is 0.479 e. The molecule has 0 spiro atoms. The lowest BCUT2D eigenvalue weighted by molar-refractivity contribution is -0.384. The van der Waals surface area contributed by atoms with Crippen molar-refractivity contribution in [2.75, 3.05) is 19.8 Å². The molecule has 0 saturated carbocycles. The standard InChI is InChI=1S/C24H40O22/c25-1-4-7(28)8(29)13(34)22(41-4)45-18-11(32)15(36)24(46-19(18)20(37)38)44-17-6(3-27)42-23(14(35)10(17)31)43-16-5(2-26)40-21(39)12(33)9(16)30/h4-19,21-36,39H,1-3H2,(H,37,38)/t4-,5+,6-,7-,8+,9+,10-,11+,12-,13-,14-,15-,16+,17-,18+,19+,21-,22+,23+,24-/m1/s1. The molecule has 0 aromatic rings. The van der Waals surface area contributed by atoms with Gasteiger partial charge in [-0.2, -0.15) is 0 Å². The second kappa shape index (κ2) is 15.5. The maximum atomic E-state index is 12.1. The van der Waals surface area contributed by atoms with E-state index in [1.807, 2.05) is 0 Å². The number of aliphatic hydroxyl groups is 13. The topological polar surface area (TPSA) is 365 Å². The summed E-state index contributed by atoms with van der Waals surface area (Å²) in [6.45, 7) is -2.66. The lowest BCUT2D eigenvalue weighted by Crippen LogP contribution is -2.67. The molecule has 0 bridgehead atoms.